The molecule has 1 unspecified atom stereocenters. The second-order valence-electron chi connectivity index (χ2n) is 18.8. The van der Waals surface area contributed by atoms with Gasteiger partial charge in [-0.05, 0) is 156 Å². The smallest absolute Gasteiger partial charge is 0.0541 e. The van der Waals surface area contributed by atoms with Gasteiger partial charge in [-0.2, -0.15) is 0 Å². The maximum Gasteiger partial charge on any atom is 0.0541 e. The first-order chi connectivity index (χ1) is 34.7. The quantitative estimate of drug-likeness (QED) is 0.143. The van der Waals surface area contributed by atoms with Gasteiger partial charge < -0.3 is 4.57 Å². The Bertz CT molecular complexity index is 3830. The van der Waals surface area contributed by atoms with Crippen LogP contribution in [-0.2, 0) is 6.42 Å². The van der Waals surface area contributed by atoms with Gasteiger partial charge in [-0.3, -0.25) is 0 Å². The standard InChI is InChI=1S/C69H49N/c1-5-14-47(15-6-1)51-28-30-54(31-29-51)62-38-34-55-32-33-57(49-18-9-3-10-19-49)43-64(55)65-44-58(35-39-63(62)65)52-24-26-53(27-25-52)60-37-41-69-67(46-60)66-45-59(50-20-11-4-12-21-50)36-40-68(66)70(69)61-23-13-22-56(42-61)48-16-7-2-8-17-48/h1-33,35-37,39-46,62H,34,38H2. The molecule has 1 aliphatic rings. The van der Waals surface area contributed by atoms with Crippen molar-refractivity contribution in [2.45, 2.75) is 18.8 Å². The van der Waals surface area contributed by atoms with Crippen molar-refractivity contribution in [3.63, 3.8) is 0 Å². The topological polar surface area (TPSA) is 4.93 Å². The van der Waals surface area contributed by atoms with E-state index in [0.717, 1.165) is 18.5 Å². The fourth-order valence-electron chi connectivity index (χ4n) is 11.1. The third kappa shape index (κ3) is 7.63. The normalized spacial score (nSPS) is 13.2. The molecular formula is C69H49N. The van der Waals surface area contributed by atoms with Crippen LogP contribution >= 0.6 is 0 Å². The van der Waals surface area contributed by atoms with Gasteiger partial charge in [0, 0.05) is 22.4 Å². The van der Waals surface area contributed by atoms with E-state index < -0.39 is 0 Å². The van der Waals surface area contributed by atoms with E-state index >= 15 is 0 Å². The molecule has 13 rings (SSSR count). The zero-order valence-electron chi connectivity index (χ0n) is 38.8. The molecule has 0 aliphatic heterocycles. The van der Waals surface area contributed by atoms with E-state index in [9.17, 15) is 0 Å². The van der Waals surface area contributed by atoms with Crippen LogP contribution in [0.15, 0.2) is 267 Å². The van der Waals surface area contributed by atoms with Crippen molar-refractivity contribution in [3.8, 4) is 83.6 Å². The average Bonchev–Trinajstić information content (AvgIpc) is 3.68. The molecule has 0 amide bonds. The van der Waals surface area contributed by atoms with Gasteiger partial charge in [-0.25, -0.2) is 0 Å². The van der Waals surface area contributed by atoms with Crippen molar-refractivity contribution in [2.24, 2.45) is 0 Å². The summed E-state index contributed by atoms with van der Waals surface area (Å²) in [6.07, 6.45) is 2.07. The summed E-state index contributed by atoms with van der Waals surface area (Å²) in [6, 6.07) is 98.7. The number of aromatic nitrogens is 1. The minimum Gasteiger partial charge on any atom is -0.309 e. The first-order valence-corrected chi connectivity index (χ1v) is 24.6. The average molecular weight is 892 g/mol. The van der Waals surface area contributed by atoms with Gasteiger partial charge in [0.2, 0.25) is 0 Å². The number of benzene rings is 11. The number of fused-ring (bicyclic) bond motifs is 6. The lowest BCUT2D eigenvalue weighted by Gasteiger charge is -2.20. The molecule has 0 bridgehead atoms. The van der Waals surface area contributed by atoms with E-state index in [1.807, 2.05) is 0 Å². The molecule has 1 atom stereocenters. The summed E-state index contributed by atoms with van der Waals surface area (Å²) in [5.41, 5.74) is 25.1. The van der Waals surface area contributed by atoms with Crippen molar-refractivity contribution in [2.75, 3.05) is 0 Å². The number of rotatable bonds is 8. The predicted octanol–water partition coefficient (Wildman–Crippen LogP) is 18.5. The fraction of sp³-hybridized carbons (Fsp3) is 0.0435. The molecule has 0 saturated heterocycles. The van der Waals surface area contributed by atoms with Crippen LogP contribution in [0.25, 0.3) is 105 Å². The molecule has 1 aromatic heterocycles. The first kappa shape index (κ1) is 41.4. The first-order valence-electron chi connectivity index (χ1n) is 24.6. The van der Waals surface area contributed by atoms with Crippen LogP contribution in [0.3, 0.4) is 0 Å². The maximum atomic E-state index is 2.46. The number of hydrogen-bond donors (Lipinski definition) is 0. The van der Waals surface area contributed by atoms with E-state index in [4.69, 9.17) is 0 Å². The summed E-state index contributed by atoms with van der Waals surface area (Å²) in [4.78, 5) is 0. The minimum atomic E-state index is 0.279. The molecule has 1 nitrogen and oxygen atoms in total. The van der Waals surface area contributed by atoms with Crippen molar-refractivity contribution in [1.29, 1.82) is 0 Å². The molecule has 12 aromatic rings. The number of nitrogens with zero attached hydrogens (tertiary/aromatic N) is 1. The molecular weight excluding hydrogens is 843 g/mol. The van der Waals surface area contributed by atoms with Gasteiger partial charge in [0.25, 0.3) is 0 Å². The van der Waals surface area contributed by atoms with Crippen LogP contribution in [0.5, 0.6) is 0 Å². The van der Waals surface area contributed by atoms with Crippen LogP contribution in [-0.4, -0.2) is 4.57 Å². The summed E-state index contributed by atoms with van der Waals surface area (Å²) in [6.45, 7) is 0. The molecule has 0 saturated carbocycles. The summed E-state index contributed by atoms with van der Waals surface area (Å²) < 4.78 is 2.43. The molecule has 0 N–H and O–H groups in total. The Morgan fingerprint density at radius 1 is 0.286 bits per heavy atom. The van der Waals surface area contributed by atoms with Crippen molar-refractivity contribution in [1.82, 2.24) is 4.57 Å². The number of aryl methyl sites for hydroxylation is 1. The Morgan fingerprint density at radius 2 is 0.671 bits per heavy atom. The lowest BCUT2D eigenvalue weighted by Crippen LogP contribution is -2.02. The highest BCUT2D eigenvalue weighted by Gasteiger charge is 2.25. The van der Waals surface area contributed by atoms with E-state index in [1.165, 1.54) is 116 Å². The Labute approximate surface area is 410 Å². The summed E-state index contributed by atoms with van der Waals surface area (Å²) in [5.74, 6) is 0.279. The molecule has 0 spiro atoms. The van der Waals surface area contributed by atoms with E-state index in [-0.39, 0.29) is 5.92 Å². The largest absolute Gasteiger partial charge is 0.309 e. The van der Waals surface area contributed by atoms with Crippen molar-refractivity contribution >= 4 is 21.8 Å². The highest BCUT2D eigenvalue weighted by atomic mass is 15.0. The van der Waals surface area contributed by atoms with Crippen molar-refractivity contribution in [3.05, 3.63) is 284 Å². The monoisotopic (exact) mass is 891 g/mol. The second kappa shape index (κ2) is 17.7. The van der Waals surface area contributed by atoms with Gasteiger partial charge in [-0.1, -0.05) is 218 Å². The molecule has 70 heavy (non-hydrogen) atoms. The fourth-order valence-corrected chi connectivity index (χ4v) is 11.1. The second-order valence-corrected chi connectivity index (χ2v) is 18.8. The number of hydrogen-bond acceptors (Lipinski definition) is 0. The predicted molar refractivity (Wildman–Crippen MR) is 295 cm³/mol. The van der Waals surface area contributed by atoms with Crippen molar-refractivity contribution < 1.29 is 0 Å². The van der Waals surface area contributed by atoms with Gasteiger partial charge >= 0.3 is 0 Å². The van der Waals surface area contributed by atoms with Gasteiger partial charge in [0.1, 0.15) is 0 Å². The van der Waals surface area contributed by atoms with E-state index in [2.05, 4.69) is 271 Å². The highest BCUT2D eigenvalue weighted by Crippen LogP contribution is 2.45. The van der Waals surface area contributed by atoms with Crippen LogP contribution in [0.2, 0.25) is 0 Å². The Hall–Kier alpha value is -8.78. The Morgan fingerprint density at radius 3 is 1.21 bits per heavy atom. The van der Waals surface area contributed by atoms with Crippen LogP contribution in [0.4, 0.5) is 0 Å². The molecule has 11 aromatic carbocycles. The summed E-state index contributed by atoms with van der Waals surface area (Å²) in [5, 5.41) is 2.48. The minimum absolute atomic E-state index is 0.279. The van der Waals surface area contributed by atoms with Crippen LogP contribution in [0, 0.1) is 0 Å². The van der Waals surface area contributed by atoms with Gasteiger partial charge in [0.15, 0.2) is 0 Å². The zero-order chi connectivity index (χ0) is 46.4. The molecule has 0 radical (unpaired) electrons. The van der Waals surface area contributed by atoms with Gasteiger partial charge in [0.05, 0.1) is 11.0 Å². The van der Waals surface area contributed by atoms with Gasteiger partial charge in [-0.15, -0.1) is 0 Å². The lowest BCUT2D eigenvalue weighted by molar-refractivity contribution is 0.726. The summed E-state index contributed by atoms with van der Waals surface area (Å²) in [7, 11) is 0. The lowest BCUT2D eigenvalue weighted by atomic mass is 9.83. The molecule has 0 fully saturated rings. The summed E-state index contributed by atoms with van der Waals surface area (Å²) >= 11 is 0. The van der Waals surface area contributed by atoms with E-state index in [0.29, 0.717) is 0 Å². The molecule has 330 valence electrons. The Balaban J connectivity index is 0.892. The third-order valence-corrected chi connectivity index (χ3v) is 14.7. The SMILES string of the molecule is c1ccc(-c2ccc(C3CCc4ccc(-c5ccccc5)cc4-c4cc(-c5ccc(-c6ccc7c(c6)c6cc(-c8ccccc8)ccc6n7-c6cccc(-c7ccccc7)c6)cc5)ccc43)cc2)cc1. The molecule has 1 heteroatoms. The van der Waals surface area contributed by atoms with Crippen LogP contribution in [0.1, 0.15) is 29.0 Å². The van der Waals surface area contributed by atoms with E-state index in [1.54, 1.807) is 0 Å². The zero-order valence-corrected chi connectivity index (χ0v) is 38.8. The highest BCUT2D eigenvalue weighted by molar-refractivity contribution is 6.11. The molecule has 1 aliphatic carbocycles. The maximum absolute atomic E-state index is 2.46. The molecule has 1 heterocycles. The van der Waals surface area contributed by atoms with Crippen LogP contribution < -0.4 is 0 Å². The Kier molecular flexibility index (Phi) is 10.5. The third-order valence-electron chi connectivity index (χ3n) is 14.7.